The van der Waals surface area contributed by atoms with Gasteiger partial charge in [0.2, 0.25) is 0 Å². The summed E-state index contributed by atoms with van der Waals surface area (Å²) < 4.78 is 4.62. The molecule has 0 spiro atoms. The maximum atomic E-state index is 11.0. The summed E-state index contributed by atoms with van der Waals surface area (Å²) in [6.07, 6.45) is 4.06. The molecule has 1 aromatic carbocycles. The van der Waals surface area contributed by atoms with Gasteiger partial charge in [-0.05, 0) is 48.4 Å². The van der Waals surface area contributed by atoms with E-state index in [2.05, 4.69) is 4.74 Å². The lowest BCUT2D eigenvalue weighted by Gasteiger charge is -2.16. The van der Waals surface area contributed by atoms with E-state index in [1.165, 1.54) is 18.2 Å². The van der Waals surface area contributed by atoms with E-state index >= 15 is 0 Å². The summed E-state index contributed by atoms with van der Waals surface area (Å²) in [5.41, 5.74) is 8.59. The van der Waals surface area contributed by atoms with Crippen LogP contribution in [0.2, 0.25) is 0 Å². The summed E-state index contributed by atoms with van der Waals surface area (Å²) in [6, 6.07) is 5.62. The van der Waals surface area contributed by atoms with Crippen molar-refractivity contribution in [1.82, 2.24) is 0 Å². The molecule has 2 unspecified atom stereocenters. The van der Waals surface area contributed by atoms with Gasteiger partial charge in [0.25, 0.3) is 0 Å². The van der Waals surface area contributed by atoms with Gasteiger partial charge in [0.15, 0.2) is 0 Å². The molecule has 0 radical (unpaired) electrons. The summed E-state index contributed by atoms with van der Waals surface area (Å²) in [5, 5.41) is 9.57. The quantitative estimate of drug-likeness (QED) is 0.630. The van der Waals surface area contributed by atoms with Crippen LogP contribution >= 0.6 is 0 Å². The molecule has 1 aromatic rings. The Morgan fingerprint density at radius 2 is 2.26 bits per heavy atom. The zero-order valence-electron chi connectivity index (χ0n) is 11.3. The number of hydrogen-bond donors (Lipinski definition) is 2. The Morgan fingerprint density at radius 1 is 1.47 bits per heavy atom. The van der Waals surface area contributed by atoms with Crippen LogP contribution in [0, 0.1) is 0 Å². The third-order valence-corrected chi connectivity index (χ3v) is 3.88. The van der Waals surface area contributed by atoms with Crippen LogP contribution in [-0.4, -0.2) is 24.2 Å². The lowest BCUT2D eigenvalue weighted by molar-refractivity contribution is -0.140. The van der Waals surface area contributed by atoms with Crippen LogP contribution in [0.15, 0.2) is 18.2 Å². The van der Waals surface area contributed by atoms with Crippen molar-refractivity contribution >= 4 is 5.97 Å². The second-order valence-electron chi connectivity index (χ2n) is 5.18. The lowest BCUT2D eigenvalue weighted by atomic mass is 9.92. The van der Waals surface area contributed by atoms with Gasteiger partial charge in [0.1, 0.15) is 5.75 Å². The van der Waals surface area contributed by atoms with Gasteiger partial charge in [-0.15, -0.1) is 0 Å². The number of hydrogen-bond acceptors (Lipinski definition) is 4. The molecule has 1 aliphatic carbocycles. The third-order valence-electron chi connectivity index (χ3n) is 3.88. The Balaban J connectivity index is 1.91. The van der Waals surface area contributed by atoms with Gasteiger partial charge in [-0.25, -0.2) is 0 Å². The molecular weight excluding hydrogens is 242 g/mol. The van der Waals surface area contributed by atoms with Gasteiger partial charge in [-0.3, -0.25) is 4.79 Å². The minimum atomic E-state index is -0.159. The SMILES string of the molecule is COC(=O)CCCCC1c2cc(O)ccc2CC1N. The first-order chi connectivity index (χ1) is 9.11. The fourth-order valence-corrected chi connectivity index (χ4v) is 2.85. The highest BCUT2D eigenvalue weighted by molar-refractivity contribution is 5.68. The van der Waals surface area contributed by atoms with Crippen LogP contribution in [0.5, 0.6) is 5.75 Å². The molecule has 0 aliphatic heterocycles. The zero-order chi connectivity index (χ0) is 13.8. The molecule has 3 N–H and O–H groups in total. The first-order valence-electron chi connectivity index (χ1n) is 6.76. The Kier molecular flexibility index (Phi) is 4.43. The van der Waals surface area contributed by atoms with Crippen molar-refractivity contribution in [2.45, 2.75) is 44.1 Å². The van der Waals surface area contributed by atoms with Crippen LogP contribution < -0.4 is 5.73 Å². The molecule has 0 heterocycles. The molecule has 1 aliphatic rings. The first kappa shape index (κ1) is 13.9. The topological polar surface area (TPSA) is 72.5 Å². The molecular formula is C15H21NO3. The number of rotatable bonds is 5. The van der Waals surface area contributed by atoms with Crippen molar-refractivity contribution in [3.8, 4) is 5.75 Å². The van der Waals surface area contributed by atoms with Crippen molar-refractivity contribution in [3.63, 3.8) is 0 Å². The predicted molar refractivity (Wildman–Crippen MR) is 73.0 cm³/mol. The smallest absolute Gasteiger partial charge is 0.305 e. The molecule has 0 saturated heterocycles. The Morgan fingerprint density at radius 3 is 3.00 bits per heavy atom. The number of carbonyl (C=O) groups excluding carboxylic acids is 1. The fraction of sp³-hybridized carbons (Fsp3) is 0.533. The molecule has 2 rings (SSSR count). The molecule has 0 bridgehead atoms. The Hall–Kier alpha value is -1.55. The number of fused-ring (bicyclic) bond motifs is 1. The average molecular weight is 263 g/mol. The summed E-state index contributed by atoms with van der Waals surface area (Å²) in [7, 11) is 1.41. The molecule has 4 nitrogen and oxygen atoms in total. The van der Waals surface area contributed by atoms with Gasteiger partial charge in [0, 0.05) is 12.5 Å². The number of phenolic OH excluding ortho intramolecular Hbond substituents is 1. The number of methoxy groups -OCH3 is 1. The van der Waals surface area contributed by atoms with Crippen LogP contribution in [0.1, 0.15) is 42.7 Å². The highest BCUT2D eigenvalue weighted by Gasteiger charge is 2.29. The fourth-order valence-electron chi connectivity index (χ4n) is 2.85. The number of unbranched alkanes of at least 4 members (excludes halogenated alkanes) is 1. The van der Waals surface area contributed by atoms with Crippen LogP contribution in [0.3, 0.4) is 0 Å². The van der Waals surface area contributed by atoms with Gasteiger partial charge < -0.3 is 15.6 Å². The van der Waals surface area contributed by atoms with Crippen molar-refractivity contribution < 1.29 is 14.6 Å². The van der Waals surface area contributed by atoms with Gasteiger partial charge in [0.05, 0.1) is 7.11 Å². The van der Waals surface area contributed by atoms with Crippen molar-refractivity contribution in [2.75, 3.05) is 7.11 Å². The summed E-state index contributed by atoms with van der Waals surface area (Å²) in [4.78, 5) is 11.0. The number of benzene rings is 1. The standard InChI is InChI=1S/C15H21NO3/c1-19-15(18)5-3-2-4-12-13-9-11(17)7-6-10(13)8-14(12)16/h6-7,9,12,14,17H,2-5,8,16H2,1H3. The molecule has 4 heteroatoms. The number of carbonyl (C=O) groups is 1. The normalized spacial score (nSPS) is 21.2. The minimum absolute atomic E-state index is 0.120. The minimum Gasteiger partial charge on any atom is -0.508 e. The average Bonchev–Trinajstić information content (AvgIpc) is 2.70. The zero-order valence-corrected chi connectivity index (χ0v) is 11.3. The second-order valence-corrected chi connectivity index (χ2v) is 5.18. The van der Waals surface area contributed by atoms with E-state index < -0.39 is 0 Å². The van der Waals surface area contributed by atoms with Crippen LogP contribution in [0.25, 0.3) is 0 Å². The van der Waals surface area contributed by atoms with Crippen molar-refractivity contribution in [3.05, 3.63) is 29.3 Å². The molecule has 104 valence electrons. The molecule has 0 fully saturated rings. The third kappa shape index (κ3) is 3.26. The summed E-state index contributed by atoms with van der Waals surface area (Å²) >= 11 is 0. The summed E-state index contributed by atoms with van der Waals surface area (Å²) in [5.74, 6) is 0.431. The number of nitrogens with two attached hydrogens (primary N) is 1. The van der Waals surface area contributed by atoms with E-state index in [0.29, 0.717) is 18.1 Å². The number of aromatic hydroxyl groups is 1. The van der Waals surface area contributed by atoms with Crippen LogP contribution in [0.4, 0.5) is 0 Å². The van der Waals surface area contributed by atoms with Gasteiger partial charge in [-0.1, -0.05) is 12.5 Å². The molecule has 0 amide bonds. The maximum Gasteiger partial charge on any atom is 0.305 e. The van der Waals surface area contributed by atoms with Crippen molar-refractivity contribution in [2.24, 2.45) is 5.73 Å². The largest absolute Gasteiger partial charge is 0.508 e. The lowest BCUT2D eigenvalue weighted by Crippen LogP contribution is -2.24. The van der Waals surface area contributed by atoms with E-state index in [1.807, 2.05) is 12.1 Å². The number of esters is 1. The molecule has 19 heavy (non-hydrogen) atoms. The van der Waals surface area contributed by atoms with E-state index in [1.54, 1.807) is 6.07 Å². The van der Waals surface area contributed by atoms with E-state index in [4.69, 9.17) is 5.73 Å². The monoisotopic (exact) mass is 263 g/mol. The number of ether oxygens (including phenoxy) is 1. The van der Waals surface area contributed by atoms with E-state index in [-0.39, 0.29) is 12.0 Å². The van der Waals surface area contributed by atoms with Gasteiger partial charge in [-0.2, -0.15) is 0 Å². The van der Waals surface area contributed by atoms with E-state index in [9.17, 15) is 9.90 Å². The Labute approximate surface area is 113 Å². The Bertz CT molecular complexity index is 459. The maximum absolute atomic E-state index is 11.0. The predicted octanol–water partition coefficient (Wildman–Crippen LogP) is 2.09. The highest BCUT2D eigenvalue weighted by Crippen LogP contribution is 2.37. The number of phenols is 1. The van der Waals surface area contributed by atoms with Crippen LogP contribution in [-0.2, 0) is 16.0 Å². The highest BCUT2D eigenvalue weighted by atomic mass is 16.5. The molecule has 0 aromatic heterocycles. The van der Waals surface area contributed by atoms with E-state index in [0.717, 1.165) is 25.7 Å². The second kappa shape index (κ2) is 6.06. The molecule has 0 saturated carbocycles. The summed E-state index contributed by atoms with van der Waals surface area (Å²) in [6.45, 7) is 0. The van der Waals surface area contributed by atoms with Gasteiger partial charge >= 0.3 is 5.97 Å². The van der Waals surface area contributed by atoms with Crippen molar-refractivity contribution in [1.29, 1.82) is 0 Å². The first-order valence-corrected chi connectivity index (χ1v) is 6.76. The molecule has 2 atom stereocenters.